The minimum Gasteiger partial charge on any atom is -0.369 e. The first-order chi connectivity index (χ1) is 13.0. The number of hydrogen-bond acceptors (Lipinski definition) is 3. The number of nitrogens with one attached hydrogen (secondary N) is 1. The summed E-state index contributed by atoms with van der Waals surface area (Å²) < 4.78 is 1.97. The maximum absolute atomic E-state index is 12.6. The van der Waals surface area contributed by atoms with E-state index >= 15 is 0 Å². The lowest BCUT2D eigenvalue weighted by Crippen LogP contribution is -2.12. The molecule has 2 aromatic carbocycles. The van der Waals surface area contributed by atoms with Crippen molar-refractivity contribution in [3.63, 3.8) is 0 Å². The minimum atomic E-state index is -0.113. The highest BCUT2D eigenvalue weighted by Gasteiger charge is 2.13. The number of benzene rings is 2. The second-order valence-corrected chi connectivity index (χ2v) is 7.25. The van der Waals surface area contributed by atoms with Crippen LogP contribution in [-0.4, -0.2) is 15.5 Å². The van der Waals surface area contributed by atoms with Crippen LogP contribution in [0.5, 0.6) is 0 Å². The number of anilines is 2. The number of carbonyl (C=O) groups excluding carboxylic acids is 1. The number of aryl methyl sites for hydroxylation is 1. The van der Waals surface area contributed by atoms with Crippen molar-refractivity contribution in [2.75, 3.05) is 11.1 Å². The Bertz CT molecular complexity index is 932. The molecule has 3 aromatic rings. The smallest absolute Gasteiger partial charge is 0.255 e. The van der Waals surface area contributed by atoms with Gasteiger partial charge in [0.05, 0.1) is 11.0 Å². The van der Waals surface area contributed by atoms with Gasteiger partial charge in [0.1, 0.15) is 0 Å². The van der Waals surface area contributed by atoms with E-state index in [1.54, 1.807) is 0 Å². The molecule has 0 saturated carbocycles. The molecule has 0 fully saturated rings. The van der Waals surface area contributed by atoms with Gasteiger partial charge in [0.25, 0.3) is 5.91 Å². The topological polar surface area (TPSA) is 72.9 Å². The fraction of sp³-hybridized carbons (Fsp3) is 0.364. The zero-order valence-corrected chi connectivity index (χ0v) is 17.6. The summed E-state index contributed by atoms with van der Waals surface area (Å²) in [6, 6.07) is 13.7. The Morgan fingerprint density at radius 2 is 1.86 bits per heavy atom. The molecule has 0 aliphatic carbocycles. The van der Waals surface area contributed by atoms with Crippen LogP contribution in [0.1, 0.15) is 62.0 Å². The van der Waals surface area contributed by atoms with E-state index < -0.39 is 0 Å². The monoisotopic (exact) mass is 400 g/mol. The predicted molar refractivity (Wildman–Crippen MR) is 119 cm³/mol. The number of fused-ring (bicyclic) bond motifs is 1. The molecule has 0 saturated heterocycles. The van der Waals surface area contributed by atoms with Gasteiger partial charge in [-0.05, 0) is 62.6 Å². The third-order valence-corrected chi connectivity index (χ3v) is 4.78. The first-order valence-corrected chi connectivity index (χ1v) is 9.67. The molecule has 0 aliphatic rings. The van der Waals surface area contributed by atoms with E-state index in [1.165, 1.54) is 24.8 Å². The summed E-state index contributed by atoms with van der Waals surface area (Å²) in [6.45, 7) is 6.32. The molecular weight excluding hydrogens is 372 g/mol. The predicted octanol–water partition coefficient (Wildman–Crippen LogP) is 5.61. The van der Waals surface area contributed by atoms with Crippen molar-refractivity contribution in [3.05, 3.63) is 53.6 Å². The van der Waals surface area contributed by atoms with Crippen LogP contribution in [0.4, 0.5) is 11.6 Å². The van der Waals surface area contributed by atoms with E-state index in [0.29, 0.717) is 11.5 Å². The quantitative estimate of drug-likeness (QED) is 0.506. The van der Waals surface area contributed by atoms with Gasteiger partial charge in [0, 0.05) is 17.3 Å². The van der Waals surface area contributed by atoms with E-state index in [0.717, 1.165) is 23.1 Å². The highest BCUT2D eigenvalue weighted by Crippen LogP contribution is 2.25. The molecule has 150 valence electrons. The number of rotatable bonds is 7. The fourth-order valence-corrected chi connectivity index (χ4v) is 3.34. The number of halogens is 1. The standard InChI is InChI=1S/C22H28N4O.ClH/c1-4-5-6-7-16-8-10-17(11-9-16)21(27)24-18-12-13-19-20(14-18)26(15(2)3)22(23)25-19;/h8-15H,4-7H2,1-3H3,(H2,23,25)(H,24,27);1H. The van der Waals surface area contributed by atoms with E-state index in [9.17, 15) is 4.79 Å². The highest BCUT2D eigenvalue weighted by molar-refractivity contribution is 6.05. The van der Waals surface area contributed by atoms with Crippen molar-refractivity contribution in [2.45, 2.75) is 52.5 Å². The molecule has 0 atom stereocenters. The Kier molecular flexibility index (Phi) is 7.46. The van der Waals surface area contributed by atoms with E-state index in [2.05, 4.69) is 31.1 Å². The first kappa shape index (κ1) is 21.8. The van der Waals surface area contributed by atoms with Gasteiger partial charge in [-0.3, -0.25) is 4.79 Å². The van der Waals surface area contributed by atoms with Crippen LogP contribution in [0.25, 0.3) is 11.0 Å². The zero-order valence-electron chi connectivity index (χ0n) is 16.7. The molecule has 6 heteroatoms. The Balaban J connectivity index is 0.00000280. The SMILES string of the molecule is CCCCCc1ccc(C(=O)Nc2ccc3nc(N)n(C(C)C)c3c2)cc1.Cl. The van der Waals surface area contributed by atoms with Crippen molar-refractivity contribution in [1.82, 2.24) is 9.55 Å². The molecule has 0 spiro atoms. The average molecular weight is 401 g/mol. The minimum absolute atomic E-state index is 0. The molecule has 28 heavy (non-hydrogen) atoms. The fourth-order valence-electron chi connectivity index (χ4n) is 3.34. The van der Waals surface area contributed by atoms with E-state index in [-0.39, 0.29) is 24.4 Å². The molecule has 1 aromatic heterocycles. The summed E-state index contributed by atoms with van der Waals surface area (Å²) in [5.41, 5.74) is 10.4. The number of nitrogen functional groups attached to an aromatic ring is 1. The Labute approximate surface area is 172 Å². The molecule has 3 N–H and O–H groups in total. The third kappa shape index (κ3) is 4.84. The Morgan fingerprint density at radius 1 is 1.14 bits per heavy atom. The van der Waals surface area contributed by atoms with Gasteiger partial charge in [-0.15, -0.1) is 12.4 Å². The molecule has 0 aliphatic heterocycles. The molecule has 1 amide bonds. The van der Waals surface area contributed by atoms with Crippen molar-refractivity contribution >= 4 is 41.0 Å². The number of amides is 1. The van der Waals surface area contributed by atoms with Gasteiger partial charge in [-0.25, -0.2) is 4.98 Å². The zero-order chi connectivity index (χ0) is 19.4. The summed E-state index contributed by atoms with van der Waals surface area (Å²) in [5, 5.41) is 2.98. The normalized spacial score (nSPS) is 10.9. The molecule has 3 rings (SSSR count). The highest BCUT2D eigenvalue weighted by atomic mass is 35.5. The van der Waals surface area contributed by atoms with Crippen molar-refractivity contribution < 1.29 is 4.79 Å². The summed E-state index contributed by atoms with van der Waals surface area (Å²) in [4.78, 5) is 17.0. The molecule has 0 unspecified atom stereocenters. The van der Waals surface area contributed by atoms with Gasteiger partial charge >= 0.3 is 0 Å². The average Bonchev–Trinajstić information content (AvgIpc) is 2.97. The second-order valence-electron chi connectivity index (χ2n) is 7.25. The molecule has 5 nitrogen and oxygen atoms in total. The number of hydrogen-bond donors (Lipinski definition) is 2. The van der Waals surface area contributed by atoms with Crippen LogP contribution < -0.4 is 11.1 Å². The van der Waals surface area contributed by atoms with Crippen LogP contribution in [0, 0.1) is 0 Å². The summed E-state index contributed by atoms with van der Waals surface area (Å²) in [6.07, 6.45) is 4.70. The lowest BCUT2D eigenvalue weighted by atomic mass is 10.1. The summed E-state index contributed by atoms with van der Waals surface area (Å²) in [5.74, 6) is 0.375. The Hall–Kier alpha value is -2.53. The van der Waals surface area contributed by atoms with Gasteiger partial charge in [-0.2, -0.15) is 0 Å². The van der Waals surface area contributed by atoms with Crippen molar-refractivity contribution in [2.24, 2.45) is 0 Å². The molecule has 1 heterocycles. The number of aromatic nitrogens is 2. The number of imidazole rings is 1. The van der Waals surface area contributed by atoms with Crippen LogP contribution in [0.2, 0.25) is 0 Å². The van der Waals surface area contributed by atoms with E-state index in [4.69, 9.17) is 5.73 Å². The third-order valence-electron chi connectivity index (χ3n) is 4.78. The first-order valence-electron chi connectivity index (χ1n) is 9.67. The number of carbonyl (C=O) groups is 1. The van der Waals surface area contributed by atoms with Crippen LogP contribution >= 0.6 is 12.4 Å². The number of nitrogens with zero attached hydrogens (tertiary/aromatic N) is 2. The molecule has 0 radical (unpaired) electrons. The lowest BCUT2D eigenvalue weighted by Gasteiger charge is -2.11. The van der Waals surface area contributed by atoms with Crippen molar-refractivity contribution in [3.8, 4) is 0 Å². The summed E-state index contributed by atoms with van der Waals surface area (Å²) >= 11 is 0. The van der Waals surface area contributed by atoms with E-state index in [1.807, 2.05) is 47.0 Å². The van der Waals surface area contributed by atoms with Gasteiger partial charge in [-0.1, -0.05) is 31.9 Å². The van der Waals surface area contributed by atoms with Gasteiger partial charge in [0.2, 0.25) is 5.95 Å². The Morgan fingerprint density at radius 3 is 2.50 bits per heavy atom. The number of nitrogens with two attached hydrogens (primary N) is 1. The van der Waals surface area contributed by atoms with Crippen LogP contribution in [0.15, 0.2) is 42.5 Å². The molecule has 0 bridgehead atoms. The molecular formula is C22H29ClN4O. The largest absolute Gasteiger partial charge is 0.369 e. The van der Waals surface area contributed by atoms with Gasteiger partial charge in [0.15, 0.2) is 0 Å². The van der Waals surface area contributed by atoms with Gasteiger partial charge < -0.3 is 15.6 Å². The van der Waals surface area contributed by atoms with Crippen LogP contribution in [0.3, 0.4) is 0 Å². The second kappa shape index (κ2) is 9.60. The maximum Gasteiger partial charge on any atom is 0.255 e. The van der Waals surface area contributed by atoms with Crippen molar-refractivity contribution in [1.29, 1.82) is 0 Å². The number of unbranched alkanes of at least 4 members (excludes halogenated alkanes) is 2. The van der Waals surface area contributed by atoms with Crippen LogP contribution in [-0.2, 0) is 6.42 Å². The maximum atomic E-state index is 12.6. The lowest BCUT2D eigenvalue weighted by molar-refractivity contribution is 0.102. The summed E-state index contributed by atoms with van der Waals surface area (Å²) in [7, 11) is 0.